The number of hydrogen-bond donors (Lipinski definition) is 3. The molecule has 1 aliphatic heterocycles. The van der Waals surface area contributed by atoms with Crippen molar-refractivity contribution in [2.24, 2.45) is 0 Å². The minimum absolute atomic E-state index is 0.127. The molecule has 1 aromatic heterocycles. The van der Waals surface area contributed by atoms with Crippen LogP contribution in [0.15, 0.2) is 54.6 Å². The van der Waals surface area contributed by atoms with Gasteiger partial charge in [-0.25, -0.2) is 4.79 Å². The molecule has 2 heterocycles. The highest BCUT2D eigenvalue weighted by atomic mass is 16.2. The highest BCUT2D eigenvalue weighted by Gasteiger charge is 2.16. The number of nitrogens with one attached hydrogen (secondary N) is 3. The molecule has 1 aliphatic rings. The van der Waals surface area contributed by atoms with Crippen LogP contribution in [0.5, 0.6) is 0 Å². The summed E-state index contributed by atoms with van der Waals surface area (Å²) in [4.78, 5) is 24.0. The van der Waals surface area contributed by atoms with Crippen molar-refractivity contribution in [1.82, 2.24) is 20.1 Å². The van der Waals surface area contributed by atoms with Crippen molar-refractivity contribution in [3.8, 4) is 11.4 Å². The monoisotopic (exact) mass is 404 g/mol. The molecule has 3 N–H and O–H groups in total. The average Bonchev–Trinajstić information content (AvgIpc) is 3.01. The van der Waals surface area contributed by atoms with E-state index in [1.807, 2.05) is 42.5 Å². The van der Waals surface area contributed by atoms with Crippen LogP contribution in [-0.2, 0) is 17.8 Å². The van der Waals surface area contributed by atoms with Gasteiger partial charge in [0.2, 0.25) is 5.91 Å². The van der Waals surface area contributed by atoms with Crippen molar-refractivity contribution in [2.45, 2.75) is 32.2 Å². The van der Waals surface area contributed by atoms with Crippen LogP contribution in [0.25, 0.3) is 11.4 Å². The van der Waals surface area contributed by atoms with Crippen LogP contribution in [0, 0.1) is 0 Å². The number of para-hydroxylation sites is 1. The standard InChI is InChI=1S/C22H24N6O2/c29-20(15-23-22(30)25-17-7-3-1-4-8-17)24-18-12-10-16(11-13-18)21-27-26-19-9-5-2-6-14-28(19)21/h1,3-4,7-8,10-13H,2,5-6,9,14-15H2,(H,24,29)(H2,23,25,30). The first-order chi connectivity index (χ1) is 14.7. The van der Waals surface area contributed by atoms with Gasteiger partial charge in [0.05, 0.1) is 6.54 Å². The molecule has 2 aromatic carbocycles. The second kappa shape index (κ2) is 9.21. The molecule has 3 aromatic rings. The Balaban J connectivity index is 1.31. The van der Waals surface area contributed by atoms with Crippen molar-refractivity contribution < 1.29 is 9.59 Å². The maximum Gasteiger partial charge on any atom is 0.319 e. The molecule has 0 saturated carbocycles. The molecule has 8 heteroatoms. The van der Waals surface area contributed by atoms with Crippen molar-refractivity contribution >= 4 is 23.3 Å². The Kier molecular flexibility index (Phi) is 6.03. The molecule has 0 spiro atoms. The lowest BCUT2D eigenvalue weighted by molar-refractivity contribution is -0.115. The summed E-state index contributed by atoms with van der Waals surface area (Å²) >= 11 is 0. The molecule has 0 saturated heterocycles. The normalized spacial score (nSPS) is 13.1. The fraction of sp³-hybridized carbons (Fsp3) is 0.273. The van der Waals surface area contributed by atoms with Crippen LogP contribution in [-0.4, -0.2) is 33.2 Å². The summed E-state index contributed by atoms with van der Waals surface area (Å²) in [6, 6.07) is 16.1. The summed E-state index contributed by atoms with van der Waals surface area (Å²) in [6.45, 7) is 0.810. The zero-order valence-corrected chi connectivity index (χ0v) is 16.6. The van der Waals surface area contributed by atoms with Crippen molar-refractivity contribution in [2.75, 3.05) is 17.2 Å². The minimum atomic E-state index is -0.431. The molecule has 8 nitrogen and oxygen atoms in total. The van der Waals surface area contributed by atoms with Crippen LogP contribution in [0.3, 0.4) is 0 Å². The quantitative estimate of drug-likeness (QED) is 0.606. The van der Waals surface area contributed by atoms with Gasteiger partial charge in [0.15, 0.2) is 5.82 Å². The molecule has 0 atom stereocenters. The molecule has 0 radical (unpaired) electrons. The summed E-state index contributed by atoms with van der Waals surface area (Å²) < 4.78 is 2.19. The summed E-state index contributed by atoms with van der Waals surface area (Å²) in [5.41, 5.74) is 2.29. The number of nitrogens with zero attached hydrogens (tertiary/aromatic N) is 3. The van der Waals surface area contributed by atoms with E-state index in [-0.39, 0.29) is 12.5 Å². The molecule has 30 heavy (non-hydrogen) atoms. The van der Waals surface area contributed by atoms with Gasteiger partial charge in [-0.1, -0.05) is 24.6 Å². The van der Waals surface area contributed by atoms with Crippen LogP contribution in [0.2, 0.25) is 0 Å². The van der Waals surface area contributed by atoms with E-state index in [4.69, 9.17) is 0 Å². The number of benzene rings is 2. The van der Waals surface area contributed by atoms with E-state index in [0.29, 0.717) is 11.4 Å². The second-order valence-electron chi connectivity index (χ2n) is 7.20. The predicted molar refractivity (Wildman–Crippen MR) is 115 cm³/mol. The lowest BCUT2D eigenvalue weighted by Crippen LogP contribution is -2.35. The zero-order valence-electron chi connectivity index (χ0n) is 16.6. The molecule has 4 rings (SSSR count). The highest BCUT2D eigenvalue weighted by Crippen LogP contribution is 2.23. The minimum Gasteiger partial charge on any atom is -0.329 e. The summed E-state index contributed by atoms with van der Waals surface area (Å²) in [7, 11) is 0. The second-order valence-corrected chi connectivity index (χ2v) is 7.20. The van der Waals surface area contributed by atoms with Gasteiger partial charge in [-0.2, -0.15) is 0 Å². The first kappa shape index (κ1) is 19.6. The molecule has 0 unspecified atom stereocenters. The maximum absolute atomic E-state index is 12.1. The van der Waals surface area contributed by atoms with Crippen molar-refractivity contribution in [3.63, 3.8) is 0 Å². The van der Waals surface area contributed by atoms with Gasteiger partial charge >= 0.3 is 6.03 Å². The van der Waals surface area contributed by atoms with E-state index in [0.717, 1.165) is 43.0 Å². The van der Waals surface area contributed by atoms with E-state index in [2.05, 4.69) is 30.7 Å². The van der Waals surface area contributed by atoms with Gasteiger partial charge in [0.25, 0.3) is 0 Å². The Hall–Kier alpha value is -3.68. The number of anilines is 2. The number of aryl methyl sites for hydroxylation is 1. The third-order valence-corrected chi connectivity index (χ3v) is 4.98. The van der Waals surface area contributed by atoms with Gasteiger partial charge < -0.3 is 20.5 Å². The predicted octanol–water partition coefficient (Wildman–Crippen LogP) is 3.43. The number of amides is 3. The maximum atomic E-state index is 12.1. The Morgan fingerprint density at radius 1 is 0.867 bits per heavy atom. The van der Waals surface area contributed by atoms with Crippen LogP contribution < -0.4 is 16.0 Å². The smallest absolute Gasteiger partial charge is 0.319 e. The van der Waals surface area contributed by atoms with E-state index < -0.39 is 6.03 Å². The number of carbonyl (C=O) groups is 2. The number of carbonyl (C=O) groups excluding carboxylic acids is 2. The van der Waals surface area contributed by atoms with E-state index in [9.17, 15) is 9.59 Å². The molecular formula is C22H24N6O2. The number of aromatic nitrogens is 3. The van der Waals surface area contributed by atoms with E-state index in [1.54, 1.807) is 12.1 Å². The largest absolute Gasteiger partial charge is 0.329 e. The molecule has 0 bridgehead atoms. The van der Waals surface area contributed by atoms with Crippen LogP contribution in [0.4, 0.5) is 16.2 Å². The summed E-state index contributed by atoms with van der Waals surface area (Å²) in [5.74, 6) is 1.60. The van der Waals surface area contributed by atoms with Crippen LogP contribution in [0.1, 0.15) is 25.1 Å². The first-order valence-corrected chi connectivity index (χ1v) is 10.1. The van der Waals surface area contributed by atoms with Crippen LogP contribution >= 0.6 is 0 Å². The summed E-state index contributed by atoms with van der Waals surface area (Å²) in [5, 5.41) is 16.7. The lowest BCUT2D eigenvalue weighted by atomic mass is 10.2. The van der Waals surface area contributed by atoms with Gasteiger partial charge in [-0.05, 0) is 49.2 Å². The molecule has 154 valence electrons. The third-order valence-electron chi connectivity index (χ3n) is 4.98. The van der Waals surface area contributed by atoms with Gasteiger partial charge in [0, 0.05) is 29.9 Å². The summed E-state index contributed by atoms with van der Waals surface area (Å²) in [6.07, 6.45) is 4.47. The van der Waals surface area contributed by atoms with E-state index in [1.165, 1.54) is 6.42 Å². The Bertz CT molecular complexity index is 1010. The fourth-order valence-electron chi connectivity index (χ4n) is 3.46. The van der Waals surface area contributed by atoms with Gasteiger partial charge in [-0.15, -0.1) is 10.2 Å². The van der Waals surface area contributed by atoms with Crippen molar-refractivity contribution in [1.29, 1.82) is 0 Å². The molecule has 0 aliphatic carbocycles. The third kappa shape index (κ3) is 4.83. The van der Waals surface area contributed by atoms with Crippen molar-refractivity contribution in [3.05, 3.63) is 60.4 Å². The van der Waals surface area contributed by atoms with Gasteiger partial charge in [-0.3, -0.25) is 4.79 Å². The Morgan fingerprint density at radius 2 is 1.63 bits per heavy atom. The Labute approximate surface area is 174 Å². The number of rotatable bonds is 5. The number of urea groups is 1. The SMILES string of the molecule is O=C(CNC(=O)Nc1ccccc1)Nc1ccc(-c2nnc3n2CCCCC3)cc1. The zero-order chi connectivity index (χ0) is 20.8. The molecular weight excluding hydrogens is 380 g/mol. The lowest BCUT2D eigenvalue weighted by Gasteiger charge is -2.10. The molecule has 3 amide bonds. The fourth-order valence-corrected chi connectivity index (χ4v) is 3.46. The average molecular weight is 404 g/mol. The topological polar surface area (TPSA) is 101 Å². The van der Waals surface area contributed by atoms with E-state index >= 15 is 0 Å². The van der Waals surface area contributed by atoms with Gasteiger partial charge in [0.1, 0.15) is 5.82 Å². The first-order valence-electron chi connectivity index (χ1n) is 10.1. The number of hydrogen-bond acceptors (Lipinski definition) is 4. The molecule has 0 fully saturated rings. The number of fused-ring (bicyclic) bond motifs is 1. The highest BCUT2D eigenvalue weighted by molar-refractivity contribution is 5.97. The Morgan fingerprint density at radius 3 is 2.43 bits per heavy atom.